The number of carbonyl (C=O) groups excluding carboxylic acids is 1. The molecule has 1 atom stereocenters. The lowest BCUT2D eigenvalue weighted by Crippen LogP contribution is -2.31. The van der Waals surface area contributed by atoms with Gasteiger partial charge in [-0.1, -0.05) is 11.6 Å². The molecule has 1 amide bonds. The minimum Gasteiger partial charge on any atom is -0.478 e. The number of carboxylic acids is 1. The van der Waals surface area contributed by atoms with Crippen molar-refractivity contribution in [3.8, 4) is 0 Å². The molecule has 0 saturated carbocycles. The first-order chi connectivity index (χ1) is 9.49. The second kappa shape index (κ2) is 6.37. The van der Waals surface area contributed by atoms with Gasteiger partial charge in [0, 0.05) is 18.0 Å². The third-order valence-corrected chi connectivity index (χ3v) is 4.76. The fourth-order valence-electron chi connectivity index (χ4n) is 2.06. The molecule has 1 aliphatic rings. The van der Waals surface area contributed by atoms with E-state index < -0.39 is 16.8 Å². The van der Waals surface area contributed by atoms with Crippen molar-refractivity contribution in [2.45, 2.75) is 17.7 Å². The lowest BCUT2D eigenvalue weighted by atomic mass is 10.2. The molecule has 1 saturated heterocycles. The van der Waals surface area contributed by atoms with E-state index in [1.54, 1.807) is 4.90 Å². The lowest BCUT2D eigenvalue weighted by molar-refractivity contribution is -0.127. The summed E-state index contributed by atoms with van der Waals surface area (Å²) < 4.78 is 12.1. The van der Waals surface area contributed by atoms with Crippen molar-refractivity contribution in [1.82, 2.24) is 4.90 Å². The second-order valence-electron chi connectivity index (χ2n) is 4.52. The zero-order chi connectivity index (χ0) is 14.7. The Morgan fingerprint density at radius 2 is 1.95 bits per heavy atom. The number of carbonyl (C=O) groups is 2. The first-order valence-electron chi connectivity index (χ1n) is 6.18. The highest BCUT2D eigenvalue weighted by molar-refractivity contribution is 7.85. The minimum absolute atomic E-state index is 0.0871. The number of aromatic carboxylic acids is 1. The van der Waals surface area contributed by atoms with Crippen LogP contribution in [0.25, 0.3) is 0 Å². The van der Waals surface area contributed by atoms with Gasteiger partial charge in [0.05, 0.1) is 21.4 Å². The topological polar surface area (TPSA) is 74.7 Å². The number of likely N-dealkylation sites (tertiary alicyclic amines) is 1. The van der Waals surface area contributed by atoms with E-state index in [4.69, 9.17) is 16.7 Å². The predicted molar refractivity (Wildman–Crippen MR) is 75.5 cm³/mol. The van der Waals surface area contributed by atoms with Crippen LogP contribution in [0.2, 0.25) is 5.02 Å². The van der Waals surface area contributed by atoms with E-state index in [2.05, 4.69) is 0 Å². The molecule has 0 aliphatic carbocycles. The first kappa shape index (κ1) is 15.0. The van der Waals surface area contributed by atoms with Crippen molar-refractivity contribution in [3.63, 3.8) is 0 Å². The quantitative estimate of drug-likeness (QED) is 0.919. The molecule has 0 spiro atoms. The molecule has 1 aromatic rings. The van der Waals surface area contributed by atoms with Crippen LogP contribution in [0, 0.1) is 0 Å². The molecule has 0 bridgehead atoms. The highest BCUT2D eigenvalue weighted by Gasteiger charge is 2.21. The summed E-state index contributed by atoms with van der Waals surface area (Å²) in [5.74, 6) is -1.46. The van der Waals surface area contributed by atoms with Crippen molar-refractivity contribution < 1.29 is 18.9 Å². The van der Waals surface area contributed by atoms with Gasteiger partial charge in [0.2, 0.25) is 5.91 Å². The van der Waals surface area contributed by atoms with E-state index >= 15 is 0 Å². The van der Waals surface area contributed by atoms with E-state index in [-0.39, 0.29) is 22.2 Å². The SMILES string of the molecule is O=C(O)c1cc(S(=O)CC(=O)N2CCCC2)ccc1Cl. The Morgan fingerprint density at radius 3 is 2.55 bits per heavy atom. The molecule has 1 heterocycles. The lowest BCUT2D eigenvalue weighted by Gasteiger charge is -2.14. The summed E-state index contributed by atoms with van der Waals surface area (Å²) in [6, 6.07) is 4.14. The normalized spacial score (nSPS) is 16.1. The molecular formula is C13H14ClNO4S. The van der Waals surface area contributed by atoms with E-state index in [1.807, 2.05) is 0 Å². The van der Waals surface area contributed by atoms with Crippen LogP contribution in [-0.4, -0.2) is 44.9 Å². The molecule has 1 N–H and O–H groups in total. The molecular weight excluding hydrogens is 302 g/mol. The molecule has 7 heteroatoms. The molecule has 1 aliphatic heterocycles. The van der Waals surface area contributed by atoms with Crippen LogP contribution < -0.4 is 0 Å². The number of amides is 1. The van der Waals surface area contributed by atoms with E-state index in [0.29, 0.717) is 18.0 Å². The van der Waals surface area contributed by atoms with Crippen LogP contribution in [0.5, 0.6) is 0 Å². The van der Waals surface area contributed by atoms with E-state index in [0.717, 1.165) is 12.8 Å². The van der Waals surface area contributed by atoms with Crippen molar-refractivity contribution in [2.75, 3.05) is 18.8 Å². The summed E-state index contributed by atoms with van der Waals surface area (Å²) in [7, 11) is -1.56. The van der Waals surface area contributed by atoms with Crippen LogP contribution in [0.4, 0.5) is 0 Å². The monoisotopic (exact) mass is 315 g/mol. The Kier molecular flexibility index (Phi) is 4.77. The van der Waals surface area contributed by atoms with Crippen molar-refractivity contribution >= 4 is 34.3 Å². The Morgan fingerprint density at radius 1 is 1.30 bits per heavy atom. The van der Waals surface area contributed by atoms with Crippen LogP contribution in [0.15, 0.2) is 23.1 Å². The summed E-state index contributed by atoms with van der Waals surface area (Å²) in [5.41, 5.74) is -0.105. The molecule has 2 rings (SSSR count). The van der Waals surface area contributed by atoms with Crippen LogP contribution >= 0.6 is 11.6 Å². The Hall–Kier alpha value is -1.40. The fraction of sp³-hybridized carbons (Fsp3) is 0.385. The van der Waals surface area contributed by atoms with Gasteiger partial charge in [0.15, 0.2) is 0 Å². The standard InChI is InChI=1S/C13H14ClNO4S/c14-11-4-3-9(7-10(11)13(17)18)20(19)8-12(16)15-5-1-2-6-15/h3-4,7H,1-2,5-6,8H2,(H,17,18). The number of carboxylic acid groups (broad SMARTS) is 1. The number of halogens is 1. The van der Waals surface area contributed by atoms with Gasteiger partial charge < -0.3 is 10.0 Å². The Balaban J connectivity index is 2.11. The summed E-state index contributed by atoms with van der Waals surface area (Å²) in [6.07, 6.45) is 1.95. The minimum atomic E-state index is -1.56. The van der Waals surface area contributed by atoms with Gasteiger partial charge in [0.1, 0.15) is 5.75 Å². The third-order valence-electron chi connectivity index (χ3n) is 3.14. The van der Waals surface area contributed by atoms with Gasteiger partial charge in [-0.05, 0) is 31.0 Å². The molecule has 1 unspecified atom stereocenters. The maximum atomic E-state index is 12.1. The van der Waals surface area contributed by atoms with Crippen molar-refractivity contribution in [2.24, 2.45) is 0 Å². The molecule has 5 nitrogen and oxygen atoms in total. The van der Waals surface area contributed by atoms with Crippen molar-refractivity contribution in [3.05, 3.63) is 28.8 Å². The first-order valence-corrected chi connectivity index (χ1v) is 7.87. The smallest absolute Gasteiger partial charge is 0.337 e. The Labute approximate surface area is 124 Å². The highest BCUT2D eigenvalue weighted by Crippen LogP contribution is 2.20. The van der Waals surface area contributed by atoms with Crippen molar-refractivity contribution in [1.29, 1.82) is 0 Å². The molecule has 1 aromatic carbocycles. The second-order valence-corrected chi connectivity index (χ2v) is 6.38. The number of hydrogen-bond donors (Lipinski definition) is 1. The van der Waals surface area contributed by atoms with E-state index in [1.165, 1.54) is 18.2 Å². The summed E-state index contributed by atoms with van der Waals surface area (Å²) >= 11 is 5.75. The highest BCUT2D eigenvalue weighted by atomic mass is 35.5. The number of hydrogen-bond acceptors (Lipinski definition) is 3. The zero-order valence-corrected chi connectivity index (χ0v) is 12.2. The van der Waals surface area contributed by atoms with E-state index in [9.17, 15) is 13.8 Å². The maximum Gasteiger partial charge on any atom is 0.337 e. The summed E-state index contributed by atoms with van der Waals surface area (Å²) in [4.78, 5) is 24.9. The maximum absolute atomic E-state index is 12.1. The van der Waals surface area contributed by atoms with Gasteiger partial charge in [-0.25, -0.2) is 4.79 Å². The number of nitrogens with zero attached hydrogens (tertiary/aromatic N) is 1. The molecule has 20 heavy (non-hydrogen) atoms. The fourth-order valence-corrected chi connectivity index (χ4v) is 3.30. The number of rotatable bonds is 4. The predicted octanol–water partition coefficient (Wildman–Crippen LogP) is 1.77. The average molecular weight is 316 g/mol. The number of benzene rings is 1. The summed E-state index contributed by atoms with van der Waals surface area (Å²) in [6.45, 7) is 1.41. The van der Waals surface area contributed by atoms with Gasteiger partial charge in [0.25, 0.3) is 0 Å². The van der Waals surface area contributed by atoms with Gasteiger partial charge in [-0.3, -0.25) is 9.00 Å². The van der Waals surface area contributed by atoms with Gasteiger partial charge in [-0.2, -0.15) is 0 Å². The van der Waals surface area contributed by atoms with Crippen LogP contribution in [-0.2, 0) is 15.6 Å². The largest absolute Gasteiger partial charge is 0.478 e. The molecule has 0 radical (unpaired) electrons. The van der Waals surface area contributed by atoms with Crippen LogP contribution in [0.3, 0.4) is 0 Å². The van der Waals surface area contributed by atoms with Gasteiger partial charge >= 0.3 is 5.97 Å². The zero-order valence-electron chi connectivity index (χ0n) is 10.7. The average Bonchev–Trinajstić information content (AvgIpc) is 2.92. The Bertz CT molecular complexity index is 569. The van der Waals surface area contributed by atoms with Crippen LogP contribution in [0.1, 0.15) is 23.2 Å². The summed E-state index contributed by atoms with van der Waals surface area (Å²) in [5, 5.41) is 9.05. The molecule has 108 valence electrons. The molecule has 0 aromatic heterocycles. The van der Waals surface area contributed by atoms with Gasteiger partial charge in [-0.15, -0.1) is 0 Å². The molecule has 1 fully saturated rings. The third kappa shape index (κ3) is 3.37.